The van der Waals surface area contributed by atoms with Gasteiger partial charge in [0.05, 0.1) is 18.9 Å². The Hall–Kier alpha value is -2.78. The number of ether oxygens (including phenoxy) is 3. The van der Waals surface area contributed by atoms with Crippen LogP contribution in [-0.4, -0.2) is 18.4 Å². The predicted molar refractivity (Wildman–Crippen MR) is 83.0 cm³/mol. The molecule has 2 N–H and O–H groups in total. The van der Waals surface area contributed by atoms with Crippen LogP contribution in [-0.2, 0) is 17.8 Å². The molecule has 1 aromatic carbocycles. The number of fused-ring (bicyclic) bond motifs is 2. The largest absolute Gasteiger partial charge is 0.454 e. The van der Waals surface area contributed by atoms with Gasteiger partial charge in [-0.05, 0) is 30.2 Å². The van der Waals surface area contributed by atoms with Crippen molar-refractivity contribution < 1.29 is 14.2 Å². The molecule has 6 heteroatoms. The number of benzene rings is 1. The Balaban J connectivity index is 2.02. The van der Waals surface area contributed by atoms with Crippen LogP contribution in [0.3, 0.4) is 0 Å². The Labute approximate surface area is 133 Å². The second-order valence-electron chi connectivity index (χ2n) is 5.61. The first-order valence-electron chi connectivity index (χ1n) is 7.38. The maximum atomic E-state index is 9.58. The first kappa shape index (κ1) is 13.9. The fraction of sp³-hybridized carbons (Fsp3) is 0.294. The first-order valence-corrected chi connectivity index (χ1v) is 7.38. The molecule has 0 radical (unpaired) electrons. The molecule has 0 amide bonds. The van der Waals surface area contributed by atoms with Gasteiger partial charge in [-0.3, -0.25) is 0 Å². The van der Waals surface area contributed by atoms with E-state index in [1.165, 1.54) is 0 Å². The Bertz CT molecular complexity index is 855. The van der Waals surface area contributed by atoms with Crippen LogP contribution in [0.2, 0.25) is 0 Å². The van der Waals surface area contributed by atoms with Gasteiger partial charge in [0, 0.05) is 17.5 Å². The van der Waals surface area contributed by atoms with Crippen LogP contribution < -0.4 is 15.2 Å². The van der Waals surface area contributed by atoms with Crippen LogP contribution in [0.15, 0.2) is 12.1 Å². The maximum Gasteiger partial charge on any atom is 0.231 e. The number of aryl methyl sites for hydroxylation is 1. The molecule has 0 bridgehead atoms. The minimum atomic E-state index is 0.211. The monoisotopic (exact) mass is 309 g/mol. The molecule has 2 aromatic rings. The number of nitrogens with two attached hydrogens (primary N) is 1. The molecule has 0 spiro atoms. The summed E-state index contributed by atoms with van der Waals surface area (Å²) in [4.78, 5) is 4.39. The summed E-state index contributed by atoms with van der Waals surface area (Å²) < 4.78 is 16.5. The average molecular weight is 309 g/mol. The fourth-order valence-corrected chi connectivity index (χ4v) is 3.12. The average Bonchev–Trinajstić information content (AvgIpc) is 3.00. The molecule has 2 aliphatic heterocycles. The SMILES string of the molecule is Cc1cc2c(cc1-c1c(C#N)c(N)nc3c1COCC3)OCO2. The van der Waals surface area contributed by atoms with E-state index in [2.05, 4.69) is 11.1 Å². The van der Waals surface area contributed by atoms with Gasteiger partial charge >= 0.3 is 0 Å². The fourth-order valence-electron chi connectivity index (χ4n) is 3.12. The van der Waals surface area contributed by atoms with Crippen LogP contribution in [0.25, 0.3) is 11.1 Å². The van der Waals surface area contributed by atoms with E-state index >= 15 is 0 Å². The molecular weight excluding hydrogens is 294 g/mol. The minimum absolute atomic E-state index is 0.211. The van der Waals surface area contributed by atoms with E-state index in [4.69, 9.17) is 19.9 Å². The van der Waals surface area contributed by atoms with Gasteiger partial charge in [-0.25, -0.2) is 4.98 Å². The normalized spacial score (nSPS) is 15.1. The van der Waals surface area contributed by atoms with E-state index in [0.717, 1.165) is 33.7 Å². The van der Waals surface area contributed by atoms with Crippen molar-refractivity contribution in [1.29, 1.82) is 5.26 Å². The highest BCUT2D eigenvalue weighted by molar-refractivity contribution is 5.82. The summed E-state index contributed by atoms with van der Waals surface area (Å²) in [6.07, 6.45) is 0.696. The van der Waals surface area contributed by atoms with Crippen molar-refractivity contribution in [2.75, 3.05) is 19.1 Å². The molecular formula is C17H15N3O3. The van der Waals surface area contributed by atoms with E-state index in [1.807, 2.05) is 19.1 Å². The summed E-state index contributed by atoms with van der Waals surface area (Å²) in [6.45, 7) is 3.24. The van der Waals surface area contributed by atoms with Crippen LogP contribution in [0, 0.1) is 18.3 Å². The van der Waals surface area contributed by atoms with E-state index in [9.17, 15) is 5.26 Å². The number of nitriles is 1. The minimum Gasteiger partial charge on any atom is -0.454 e. The zero-order valence-electron chi connectivity index (χ0n) is 12.7. The Morgan fingerprint density at radius 1 is 1.26 bits per heavy atom. The molecule has 3 heterocycles. The van der Waals surface area contributed by atoms with Crippen molar-refractivity contribution in [3.05, 3.63) is 34.5 Å². The Morgan fingerprint density at radius 3 is 2.83 bits per heavy atom. The molecule has 0 atom stereocenters. The summed E-state index contributed by atoms with van der Waals surface area (Å²) >= 11 is 0. The molecule has 0 aliphatic carbocycles. The van der Waals surface area contributed by atoms with Crippen molar-refractivity contribution in [2.45, 2.75) is 20.0 Å². The van der Waals surface area contributed by atoms with Crippen molar-refractivity contribution in [1.82, 2.24) is 4.98 Å². The van der Waals surface area contributed by atoms with E-state index < -0.39 is 0 Å². The predicted octanol–water partition coefficient (Wildman–Crippen LogP) is 2.31. The van der Waals surface area contributed by atoms with Crippen LogP contribution in [0.1, 0.15) is 22.4 Å². The lowest BCUT2D eigenvalue weighted by atomic mass is 9.90. The maximum absolute atomic E-state index is 9.58. The number of anilines is 1. The lowest BCUT2D eigenvalue weighted by Gasteiger charge is -2.22. The summed E-state index contributed by atoms with van der Waals surface area (Å²) in [7, 11) is 0. The molecule has 2 aliphatic rings. The van der Waals surface area contributed by atoms with Gasteiger partial charge in [0.1, 0.15) is 17.5 Å². The number of hydrogen-bond donors (Lipinski definition) is 1. The molecule has 6 nitrogen and oxygen atoms in total. The number of nitrogen functional groups attached to an aromatic ring is 1. The van der Waals surface area contributed by atoms with Gasteiger partial charge in [0.15, 0.2) is 11.5 Å². The van der Waals surface area contributed by atoms with Crippen LogP contribution >= 0.6 is 0 Å². The second kappa shape index (κ2) is 5.14. The number of rotatable bonds is 1. The highest BCUT2D eigenvalue weighted by Gasteiger charge is 2.25. The molecule has 4 rings (SSSR count). The highest BCUT2D eigenvalue weighted by atomic mass is 16.7. The quantitative estimate of drug-likeness (QED) is 0.869. The lowest BCUT2D eigenvalue weighted by Crippen LogP contribution is -2.16. The third kappa shape index (κ3) is 2.09. The first-order chi connectivity index (χ1) is 11.2. The van der Waals surface area contributed by atoms with Crippen LogP contribution in [0.5, 0.6) is 11.5 Å². The summed E-state index contributed by atoms with van der Waals surface area (Å²) in [5.74, 6) is 1.66. The van der Waals surface area contributed by atoms with E-state index in [0.29, 0.717) is 30.9 Å². The van der Waals surface area contributed by atoms with Crippen molar-refractivity contribution in [2.24, 2.45) is 0 Å². The van der Waals surface area contributed by atoms with Crippen molar-refractivity contribution >= 4 is 5.82 Å². The van der Waals surface area contributed by atoms with Gasteiger partial charge in [0.25, 0.3) is 0 Å². The van der Waals surface area contributed by atoms with E-state index in [1.54, 1.807) is 0 Å². The third-order valence-electron chi connectivity index (χ3n) is 4.24. The summed E-state index contributed by atoms with van der Waals surface area (Å²) in [5.41, 5.74) is 10.9. The summed E-state index contributed by atoms with van der Waals surface area (Å²) in [5, 5.41) is 9.58. The lowest BCUT2D eigenvalue weighted by molar-refractivity contribution is 0.109. The Morgan fingerprint density at radius 2 is 2.04 bits per heavy atom. The van der Waals surface area contributed by atoms with Gasteiger partial charge in [0.2, 0.25) is 6.79 Å². The van der Waals surface area contributed by atoms with Gasteiger partial charge in [-0.1, -0.05) is 0 Å². The molecule has 1 aromatic heterocycles. The molecule has 23 heavy (non-hydrogen) atoms. The molecule has 0 fully saturated rings. The molecule has 0 saturated heterocycles. The van der Waals surface area contributed by atoms with E-state index in [-0.39, 0.29) is 12.6 Å². The number of aromatic nitrogens is 1. The Kier molecular flexibility index (Phi) is 3.10. The number of nitrogens with zero attached hydrogens (tertiary/aromatic N) is 2. The third-order valence-corrected chi connectivity index (χ3v) is 4.24. The van der Waals surface area contributed by atoms with Crippen molar-refractivity contribution in [3.8, 4) is 28.7 Å². The smallest absolute Gasteiger partial charge is 0.231 e. The molecule has 0 saturated carbocycles. The topological polar surface area (TPSA) is 90.4 Å². The number of pyridine rings is 1. The standard InChI is InChI=1S/C17H15N3O3/c1-9-4-14-15(23-8-22-14)5-10(9)16-11(6-18)17(19)20-13-2-3-21-7-12(13)16/h4-5H,2-3,7-8H2,1H3,(H2,19,20). The van der Waals surface area contributed by atoms with Gasteiger partial charge < -0.3 is 19.9 Å². The molecule has 116 valence electrons. The van der Waals surface area contributed by atoms with Gasteiger partial charge in [-0.2, -0.15) is 5.26 Å². The zero-order valence-corrected chi connectivity index (χ0v) is 12.7. The molecule has 0 unspecified atom stereocenters. The zero-order chi connectivity index (χ0) is 16.0. The van der Waals surface area contributed by atoms with Gasteiger partial charge in [-0.15, -0.1) is 0 Å². The van der Waals surface area contributed by atoms with Crippen LogP contribution in [0.4, 0.5) is 5.82 Å². The second-order valence-corrected chi connectivity index (χ2v) is 5.61. The number of hydrogen-bond acceptors (Lipinski definition) is 6. The summed E-state index contributed by atoms with van der Waals surface area (Å²) in [6, 6.07) is 6.02. The van der Waals surface area contributed by atoms with Crippen molar-refractivity contribution in [3.63, 3.8) is 0 Å². The highest BCUT2D eigenvalue weighted by Crippen LogP contribution is 2.42.